The fourth-order valence-corrected chi connectivity index (χ4v) is 9.79. The van der Waals surface area contributed by atoms with Gasteiger partial charge in [0.2, 0.25) is 0 Å². The second-order valence-electron chi connectivity index (χ2n) is 12.9. The van der Waals surface area contributed by atoms with Crippen LogP contribution in [0.3, 0.4) is 0 Å². The molecule has 0 fully saturated rings. The normalized spacial score (nSPS) is 12.2. The number of rotatable bonds is 8. The van der Waals surface area contributed by atoms with Crippen LogP contribution >= 0.6 is 7.92 Å². The van der Waals surface area contributed by atoms with Crippen LogP contribution in [0.25, 0.3) is 43.4 Å². The van der Waals surface area contributed by atoms with Gasteiger partial charge < -0.3 is 4.90 Å². The Kier molecular flexibility index (Phi) is 11.0. The number of aryl methyl sites for hydroxylation is 1. The lowest BCUT2D eigenvalue weighted by atomic mass is 9.91. The van der Waals surface area contributed by atoms with Crippen molar-refractivity contribution >= 4 is 67.9 Å². The van der Waals surface area contributed by atoms with Crippen LogP contribution in [0.5, 0.6) is 0 Å². The summed E-state index contributed by atoms with van der Waals surface area (Å²) in [5, 5.41) is 11.8. The maximum absolute atomic E-state index is 2.39. The van der Waals surface area contributed by atoms with E-state index in [-0.39, 0.29) is 0 Å². The molecule has 0 saturated carbocycles. The maximum atomic E-state index is 2.39. The van der Waals surface area contributed by atoms with Gasteiger partial charge in [0.1, 0.15) is 0 Å². The van der Waals surface area contributed by atoms with Crippen molar-refractivity contribution in [3.05, 3.63) is 199 Å². The topological polar surface area (TPSA) is 3.24 Å². The van der Waals surface area contributed by atoms with Crippen LogP contribution in [-0.2, 0) is 0 Å². The van der Waals surface area contributed by atoms with E-state index in [4.69, 9.17) is 0 Å². The van der Waals surface area contributed by atoms with E-state index in [1.54, 1.807) is 0 Å². The SMILES string of the molecule is C/C=C\C(=C/C)P(c1ccccc1)c1ccc(N(c2ccccc2)c2ccc(-c3ccc4c5ccccc5c5ccccc5c4c3)cc2C)cc1.CC. The van der Waals surface area contributed by atoms with Crippen molar-refractivity contribution in [2.24, 2.45) is 0 Å². The fourth-order valence-electron chi connectivity index (χ4n) is 7.42. The Balaban J connectivity index is 0.00000214. The van der Waals surface area contributed by atoms with Crippen molar-refractivity contribution in [3.63, 3.8) is 0 Å². The summed E-state index contributed by atoms with van der Waals surface area (Å²) in [6.45, 7) is 10.5. The van der Waals surface area contributed by atoms with Crippen LogP contribution in [0.1, 0.15) is 33.3 Å². The van der Waals surface area contributed by atoms with Crippen LogP contribution in [0.4, 0.5) is 17.1 Å². The largest absolute Gasteiger partial charge is 0.310 e. The van der Waals surface area contributed by atoms with Crippen LogP contribution in [-0.4, -0.2) is 0 Å². The molecule has 1 nitrogen and oxygen atoms in total. The summed E-state index contributed by atoms with van der Waals surface area (Å²) < 4.78 is 0. The molecular formula is C51H46NP. The molecule has 0 aliphatic heterocycles. The second kappa shape index (κ2) is 16.3. The van der Waals surface area contributed by atoms with Crippen LogP contribution in [0, 0.1) is 6.92 Å². The zero-order chi connectivity index (χ0) is 36.7. The van der Waals surface area contributed by atoms with Crippen LogP contribution in [0.15, 0.2) is 193 Å². The van der Waals surface area contributed by atoms with Crippen molar-refractivity contribution in [2.75, 3.05) is 4.90 Å². The molecule has 0 amide bonds. The van der Waals surface area contributed by atoms with Gasteiger partial charge >= 0.3 is 0 Å². The molecule has 1 atom stereocenters. The minimum atomic E-state index is -0.675. The van der Waals surface area contributed by atoms with Crippen molar-refractivity contribution < 1.29 is 0 Å². The number of anilines is 3. The highest BCUT2D eigenvalue weighted by Crippen LogP contribution is 2.45. The molecule has 8 aromatic carbocycles. The molecule has 53 heavy (non-hydrogen) atoms. The monoisotopic (exact) mass is 703 g/mol. The summed E-state index contributed by atoms with van der Waals surface area (Å²) in [6.07, 6.45) is 6.66. The summed E-state index contributed by atoms with van der Waals surface area (Å²) in [7, 11) is -0.675. The number of benzene rings is 8. The lowest BCUT2D eigenvalue weighted by molar-refractivity contribution is 1.25. The molecule has 0 aliphatic carbocycles. The molecule has 0 aliphatic rings. The molecule has 0 N–H and O–H groups in total. The van der Waals surface area contributed by atoms with Gasteiger partial charge in [-0.15, -0.1) is 0 Å². The molecule has 0 bridgehead atoms. The number of hydrogen-bond donors (Lipinski definition) is 0. The zero-order valence-corrected chi connectivity index (χ0v) is 32.2. The molecule has 0 spiro atoms. The van der Waals surface area contributed by atoms with Gasteiger partial charge in [-0.3, -0.25) is 0 Å². The van der Waals surface area contributed by atoms with E-state index in [0.29, 0.717) is 0 Å². The Labute approximate surface area is 316 Å². The predicted molar refractivity (Wildman–Crippen MR) is 236 cm³/mol. The number of para-hydroxylation sites is 1. The van der Waals surface area contributed by atoms with Gasteiger partial charge in [0.25, 0.3) is 0 Å². The third-order valence-corrected chi connectivity index (χ3v) is 12.4. The van der Waals surface area contributed by atoms with E-state index in [2.05, 4.69) is 214 Å². The van der Waals surface area contributed by atoms with Gasteiger partial charge in [0.05, 0.1) is 0 Å². The first-order chi connectivity index (χ1) is 26.1. The van der Waals surface area contributed by atoms with Crippen molar-refractivity contribution in [1.82, 2.24) is 0 Å². The van der Waals surface area contributed by atoms with Crippen LogP contribution < -0.4 is 15.5 Å². The third-order valence-electron chi connectivity index (χ3n) is 9.80. The molecule has 1 unspecified atom stereocenters. The zero-order valence-electron chi connectivity index (χ0n) is 31.3. The van der Waals surface area contributed by atoms with E-state index in [1.165, 1.54) is 70.6 Å². The average Bonchev–Trinajstić information content (AvgIpc) is 3.23. The number of hydrogen-bond acceptors (Lipinski definition) is 1. The van der Waals surface area contributed by atoms with Crippen molar-refractivity contribution in [1.29, 1.82) is 0 Å². The quantitative estimate of drug-likeness (QED) is 0.0865. The first-order valence-corrected chi connectivity index (χ1v) is 20.0. The Morgan fingerprint density at radius 1 is 0.472 bits per heavy atom. The smallest absolute Gasteiger partial charge is 0.0491 e. The summed E-state index contributed by atoms with van der Waals surface area (Å²) in [5.41, 5.74) is 7.11. The maximum Gasteiger partial charge on any atom is 0.0491 e. The second-order valence-corrected chi connectivity index (χ2v) is 15.1. The minimum Gasteiger partial charge on any atom is -0.310 e. The number of nitrogens with zero attached hydrogens (tertiary/aromatic N) is 1. The summed E-state index contributed by atoms with van der Waals surface area (Å²) in [5.74, 6) is 0. The highest BCUT2D eigenvalue weighted by molar-refractivity contribution is 7.77. The summed E-state index contributed by atoms with van der Waals surface area (Å²) >= 11 is 0. The first kappa shape index (κ1) is 35.6. The number of fused-ring (bicyclic) bond motifs is 6. The highest BCUT2D eigenvalue weighted by atomic mass is 31.1. The fraction of sp³-hybridized carbons (Fsp3) is 0.0980. The average molecular weight is 704 g/mol. The lowest BCUT2D eigenvalue weighted by Gasteiger charge is -2.28. The summed E-state index contributed by atoms with van der Waals surface area (Å²) in [6, 6.07) is 62.3. The van der Waals surface area contributed by atoms with E-state index >= 15 is 0 Å². The van der Waals surface area contributed by atoms with Crippen molar-refractivity contribution in [3.8, 4) is 11.1 Å². The minimum absolute atomic E-state index is 0.675. The molecule has 8 aromatic rings. The van der Waals surface area contributed by atoms with Crippen molar-refractivity contribution in [2.45, 2.75) is 34.6 Å². The molecule has 8 rings (SSSR count). The Morgan fingerprint density at radius 3 is 1.51 bits per heavy atom. The van der Waals surface area contributed by atoms with E-state index < -0.39 is 7.92 Å². The molecule has 260 valence electrons. The molecule has 0 radical (unpaired) electrons. The van der Waals surface area contributed by atoms with Gasteiger partial charge in [0, 0.05) is 17.1 Å². The highest BCUT2D eigenvalue weighted by Gasteiger charge is 2.20. The van der Waals surface area contributed by atoms with Crippen LogP contribution in [0.2, 0.25) is 0 Å². The molecular weight excluding hydrogens is 658 g/mol. The Hall–Kier alpha value is -5.75. The lowest BCUT2D eigenvalue weighted by Crippen LogP contribution is -2.15. The van der Waals surface area contributed by atoms with Gasteiger partial charge in [0.15, 0.2) is 0 Å². The van der Waals surface area contributed by atoms with Gasteiger partial charge in [-0.2, -0.15) is 0 Å². The van der Waals surface area contributed by atoms with Gasteiger partial charge in [-0.1, -0.05) is 159 Å². The van der Waals surface area contributed by atoms with E-state index in [0.717, 1.165) is 11.4 Å². The first-order valence-electron chi connectivity index (χ1n) is 18.7. The van der Waals surface area contributed by atoms with E-state index in [1.807, 2.05) is 13.8 Å². The Bertz CT molecular complexity index is 2510. The molecule has 0 heterocycles. The van der Waals surface area contributed by atoms with Gasteiger partial charge in [-0.05, 0) is 136 Å². The summed E-state index contributed by atoms with van der Waals surface area (Å²) in [4.78, 5) is 2.39. The third kappa shape index (κ3) is 7.06. The molecule has 2 heteroatoms. The number of allylic oxidation sites excluding steroid dienone is 4. The Morgan fingerprint density at radius 2 is 0.943 bits per heavy atom. The van der Waals surface area contributed by atoms with Gasteiger partial charge in [-0.25, -0.2) is 0 Å². The molecule has 0 saturated heterocycles. The standard InChI is InChI=1S/C49H40NP.C2H6/c1-4-16-40(5-2)51(41-19-10-7-11-20-41)42-29-27-39(28-30-42)50(38-17-8-6-9-18-38)49-32-26-36(33-35(49)3)37-25-31-47-45-23-13-12-21-43(45)44-22-14-15-24-46(44)48(47)34-37;1-2/h4-34H,1-3H3;1-2H3/b16-4-,40-5+;. The van der Waals surface area contributed by atoms with E-state index in [9.17, 15) is 0 Å². The predicted octanol–water partition coefficient (Wildman–Crippen LogP) is 14.5. The molecule has 0 aromatic heterocycles.